The summed E-state index contributed by atoms with van der Waals surface area (Å²) in [6.07, 6.45) is -5.13. The molecular formula is C6HClF3IN2O5S. The monoisotopic (exact) mass is 432 g/mol. The number of aromatic nitrogens is 1. The minimum absolute atomic E-state index is 0.398. The zero-order chi connectivity index (χ0) is 15.0. The zero-order valence-electron chi connectivity index (χ0n) is 8.31. The van der Waals surface area contributed by atoms with Gasteiger partial charge in [-0.3, -0.25) is 10.1 Å². The first kappa shape index (κ1) is 16.2. The summed E-state index contributed by atoms with van der Waals surface area (Å²) in [5.74, 6) is -1.14. The summed E-state index contributed by atoms with van der Waals surface area (Å²) in [5, 5.41) is 9.27. The summed E-state index contributed by atoms with van der Waals surface area (Å²) >= 11 is 1.27. The highest BCUT2D eigenvalue weighted by Crippen LogP contribution is 2.33. The molecule has 0 aliphatic heterocycles. The Morgan fingerprint density at radius 2 is 2.00 bits per heavy atom. The van der Waals surface area contributed by atoms with Crippen LogP contribution in [0.15, 0.2) is 11.1 Å². The summed E-state index contributed by atoms with van der Waals surface area (Å²) < 4.78 is 61.2. The van der Waals surface area contributed by atoms with Crippen LogP contribution in [0.2, 0.25) is 0 Å². The minimum Gasteiger partial charge on any atom is -0.387 e. The number of rotatable bonds is 3. The van der Waals surface area contributed by atoms with Crippen molar-refractivity contribution in [2.75, 3.05) is 0 Å². The maximum Gasteiger partial charge on any atom is 0.574 e. The second-order valence-electron chi connectivity index (χ2n) is 2.84. The van der Waals surface area contributed by atoms with E-state index in [0.717, 1.165) is 0 Å². The molecule has 0 radical (unpaired) electrons. The summed E-state index contributed by atoms with van der Waals surface area (Å²) in [7, 11) is 0.165. The van der Waals surface area contributed by atoms with Gasteiger partial charge in [-0.25, -0.2) is 8.42 Å². The predicted octanol–water partition coefficient (Wildman–Crippen LogP) is 2.42. The molecule has 19 heavy (non-hydrogen) atoms. The van der Waals surface area contributed by atoms with Gasteiger partial charge in [-0.1, -0.05) is 0 Å². The van der Waals surface area contributed by atoms with Gasteiger partial charge in [-0.2, -0.15) is 4.98 Å². The molecule has 0 saturated carbocycles. The number of ether oxygens (including phenoxy) is 1. The zero-order valence-corrected chi connectivity index (χ0v) is 12.0. The number of alkyl halides is 3. The molecule has 1 aromatic rings. The predicted molar refractivity (Wildman–Crippen MR) is 63.3 cm³/mol. The molecule has 0 aliphatic carbocycles. The molecule has 0 atom stereocenters. The minimum atomic E-state index is -5.13. The Hall–Kier alpha value is -0.890. The Balaban J connectivity index is 3.52. The maximum absolute atomic E-state index is 12.0. The molecule has 13 heteroatoms. The van der Waals surface area contributed by atoms with Crippen LogP contribution in [0.5, 0.6) is 5.88 Å². The molecule has 1 heterocycles. The Labute approximate surface area is 121 Å². The van der Waals surface area contributed by atoms with Gasteiger partial charge in [0, 0.05) is 16.7 Å². The van der Waals surface area contributed by atoms with E-state index in [1.807, 2.05) is 0 Å². The van der Waals surface area contributed by atoms with E-state index in [2.05, 4.69) is 9.72 Å². The fourth-order valence-corrected chi connectivity index (χ4v) is 2.38. The summed E-state index contributed by atoms with van der Waals surface area (Å²) in [6.45, 7) is 0. The van der Waals surface area contributed by atoms with Crippen molar-refractivity contribution >= 4 is 48.0 Å². The molecule has 0 aliphatic rings. The first-order valence-electron chi connectivity index (χ1n) is 3.97. The standard InChI is InChI=1S/C6HClF3IN2O5S/c7-19(16,17)5-3(13(14)15)1-2(11)4(12-5)18-6(8,9)10/h1H. The van der Waals surface area contributed by atoms with Crippen molar-refractivity contribution in [3.8, 4) is 5.88 Å². The first-order chi connectivity index (χ1) is 8.42. The highest BCUT2D eigenvalue weighted by molar-refractivity contribution is 14.1. The lowest BCUT2D eigenvalue weighted by Gasteiger charge is -2.10. The van der Waals surface area contributed by atoms with Crippen molar-refractivity contribution < 1.29 is 31.2 Å². The average molecular weight is 433 g/mol. The molecule has 1 rings (SSSR count). The number of pyridine rings is 1. The topological polar surface area (TPSA) is 99.4 Å². The number of nitro groups is 1. The molecule has 0 N–H and O–H groups in total. The first-order valence-corrected chi connectivity index (χ1v) is 7.36. The normalized spacial score (nSPS) is 12.3. The smallest absolute Gasteiger partial charge is 0.387 e. The van der Waals surface area contributed by atoms with Crippen LogP contribution >= 0.6 is 33.3 Å². The number of hydrogen-bond acceptors (Lipinski definition) is 6. The third-order valence-electron chi connectivity index (χ3n) is 1.53. The molecule has 7 nitrogen and oxygen atoms in total. The van der Waals surface area contributed by atoms with E-state index < -0.39 is 40.5 Å². The van der Waals surface area contributed by atoms with Gasteiger partial charge < -0.3 is 4.74 Å². The Morgan fingerprint density at radius 3 is 2.37 bits per heavy atom. The Bertz CT molecular complexity index is 634. The average Bonchev–Trinajstić information content (AvgIpc) is 2.16. The van der Waals surface area contributed by atoms with E-state index >= 15 is 0 Å². The van der Waals surface area contributed by atoms with Gasteiger partial charge in [-0.15, -0.1) is 13.2 Å². The largest absolute Gasteiger partial charge is 0.574 e. The van der Waals surface area contributed by atoms with Crippen molar-refractivity contribution in [1.82, 2.24) is 4.98 Å². The van der Waals surface area contributed by atoms with Gasteiger partial charge in [0.25, 0.3) is 14.1 Å². The fourth-order valence-electron chi connectivity index (χ4n) is 0.938. The molecule has 1 aromatic heterocycles. The van der Waals surface area contributed by atoms with Crippen molar-refractivity contribution in [3.63, 3.8) is 0 Å². The molecule has 0 unspecified atom stereocenters. The summed E-state index contributed by atoms with van der Waals surface area (Å²) in [4.78, 5) is 12.4. The Morgan fingerprint density at radius 1 is 1.47 bits per heavy atom. The number of hydrogen-bond donors (Lipinski definition) is 0. The van der Waals surface area contributed by atoms with Gasteiger partial charge in [-0.05, 0) is 22.6 Å². The van der Waals surface area contributed by atoms with E-state index in [4.69, 9.17) is 10.7 Å². The van der Waals surface area contributed by atoms with Gasteiger partial charge >= 0.3 is 12.0 Å². The van der Waals surface area contributed by atoms with E-state index in [1.165, 1.54) is 22.6 Å². The third kappa shape index (κ3) is 4.31. The van der Waals surface area contributed by atoms with E-state index in [1.54, 1.807) is 0 Å². The third-order valence-corrected chi connectivity index (χ3v) is 3.50. The Kier molecular flexibility index (Phi) is 4.46. The molecule has 0 bridgehead atoms. The van der Waals surface area contributed by atoms with E-state index in [0.29, 0.717) is 6.07 Å². The van der Waals surface area contributed by atoms with Crippen molar-refractivity contribution in [1.29, 1.82) is 0 Å². The molecule has 0 aromatic carbocycles. The van der Waals surface area contributed by atoms with Crippen molar-refractivity contribution in [2.45, 2.75) is 11.4 Å². The van der Waals surface area contributed by atoms with Crippen LogP contribution in [-0.2, 0) is 9.05 Å². The summed E-state index contributed by atoms with van der Waals surface area (Å²) in [6, 6.07) is 0.559. The highest BCUT2D eigenvalue weighted by atomic mass is 127. The van der Waals surface area contributed by atoms with Crippen LogP contribution in [-0.4, -0.2) is 24.7 Å². The van der Waals surface area contributed by atoms with Crippen LogP contribution in [0.25, 0.3) is 0 Å². The van der Waals surface area contributed by atoms with Gasteiger partial charge in [0.15, 0.2) is 0 Å². The molecule has 0 spiro atoms. The lowest BCUT2D eigenvalue weighted by molar-refractivity contribution is -0.388. The van der Waals surface area contributed by atoms with Crippen molar-refractivity contribution in [2.24, 2.45) is 0 Å². The molecule has 0 amide bonds. The van der Waals surface area contributed by atoms with Crippen LogP contribution in [0.1, 0.15) is 0 Å². The van der Waals surface area contributed by atoms with Crippen LogP contribution in [0.3, 0.4) is 0 Å². The number of halogens is 5. The lowest BCUT2D eigenvalue weighted by Crippen LogP contribution is -2.19. The summed E-state index contributed by atoms with van der Waals surface area (Å²) in [5.41, 5.74) is -1.05. The van der Waals surface area contributed by atoms with Gasteiger partial charge in [0.05, 0.1) is 8.49 Å². The second-order valence-corrected chi connectivity index (χ2v) is 6.49. The SMILES string of the molecule is O=[N+]([O-])c1cc(I)c(OC(F)(F)F)nc1S(=O)(=O)Cl. The maximum atomic E-state index is 12.0. The van der Waals surface area contributed by atoms with Crippen LogP contribution in [0.4, 0.5) is 18.9 Å². The molecule has 0 fully saturated rings. The van der Waals surface area contributed by atoms with Gasteiger partial charge in [0.2, 0.25) is 5.88 Å². The highest BCUT2D eigenvalue weighted by Gasteiger charge is 2.36. The molecular weight excluding hydrogens is 431 g/mol. The quantitative estimate of drug-likeness (QED) is 0.315. The fraction of sp³-hybridized carbons (Fsp3) is 0.167. The van der Waals surface area contributed by atoms with Gasteiger partial charge in [0.1, 0.15) is 0 Å². The van der Waals surface area contributed by atoms with Crippen LogP contribution in [0, 0.1) is 13.7 Å². The van der Waals surface area contributed by atoms with E-state index in [9.17, 15) is 31.7 Å². The van der Waals surface area contributed by atoms with Crippen molar-refractivity contribution in [3.05, 3.63) is 19.8 Å². The van der Waals surface area contributed by atoms with Crippen LogP contribution < -0.4 is 4.74 Å². The number of nitrogens with zero attached hydrogens (tertiary/aromatic N) is 2. The molecule has 106 valence electrons. The molecule has 0 saturated heterocycles. The van der Waals surface area contributed by atoms with E-state index in [-0.39, 0.29) is 0 Å². The lowest BCUT2D eigenvalue weighted by atomic mass is 10.4. The second kappa shape index (κ2) is 5.24.